The monoisotopic (exact) mass is 254 g/mol. The van der Waals surface area contributed by atoms with Crippen LogP contribution in [0.1, 0.15) is 19.8 Å². The van der Waals surface area contributed by atoms with Crippen molar-refractivity contribution in [1.82, 2.24) is 4.98 Å². The molecule has 1 aromatic carbocycles. The van der Waals surface area contributed by atoms with Crippen molar-refractivity contribution in [1.29, 1.82) is 0 Å². The van der Waals surface area contributed by atoms with E-state index in [-0.39, 0.29) is 6.04 Å². The van der Waals surface area contributed by atoms with Crippen molar-refractivity contribution in [3.05, 3.63) is 30.5 Å². The molecule has 0 aliphatic rings. The Kier molecular flexibility index (Phi) is 4.25. The minimum Gasteiger partial charge on any atom is -0.497 e. The van der Waals surface area contributed by atoms with Crippen LogP contribution in [0.5, 0.6) is 5.75 Å². The number of hydrogen-bond donors (Lipinski definition) is 1. The Morgan fingerprint density at radius 3 is 2.95 bits per heavy atom. The van der Waals surface area contributed by atoms with Crippen LogP contribution in [-0.2, 0) is 0 Å². The molecule has 0 aliphatic heterocycles. The maximum atomic E-state index is 5.54. The predicted molar refractivity (Wildman–Crippen MR) is 79.4 cm³/mol. The number of nitrogens with one attached hydrogen (secondary N) is 1. The highest BCUT2D eigenvalue weighted by Crippen LogP contribution is 2.25. The van der Waals surface area contributed by atoms with Crippen LogP contribution in [0.15, 0.2) is 30.5 Å². The molecule has 1 heterocycles. The van der Waals surface area contributed by atoms with Crippen LogP contribution in [-0.4, -0.2) is 18.1 Å². The van der Waals surface area contributed by atoms with Crippen molar-refractivity contribution >= 4 is 16.6 Å². The molecule has 98 valence electrons. The summed E-state index contributed by atoms with van der Waals surface area (Å²) >= 11 is 0. The highest BCUT2D eigenvalue weighted by atomic mass is 16.5. The molecule has 3 nitrogen and oxygen atoms in total. The summed E-state index contributed by atoms with van der Waals surface area (Å²) in [5.41, 5.74) is 0. The average Bonchev–Trinajstić information content (AvgIpc) is 2.46. The second-order valence-electron chi connectivity index (χ2n) is 4.40. The fourth-order valence-electron chi connectivity index (χ4n) is 2.05. The lowest BCUT2D eigenvalue weighted by atomic mass is 10.1. The van der Waals surface area contributed by atoms with Gasteiger partial charge in [-0.25, -0.2) is 4.98 Å². The molecule has 1 aromatic heterocycles. The van der Waals surface area contributed by atoms with Gasteiger partial charge in [0.25, 0.3) is 0 Å². The van der Waals surface area contributed by atoms with E-state index in [9.17, 15) is 0 Å². The standard InChI is InChI=1S/C16H18N2O/c1-4-6-13(5-2)18-16-15-8-7-14(19-3)11-12(15)9-10-17-16/h2,7-11,13H,4,6H2,1,3H3,(H,17,18). The number of ether oxygens (including phenoxy) is 1. The molecule has 0 bridgehead atoms. The number of hydrogen-bond acceptors (Lipinski definition) is 3. The van der Waals surface area contributed by atoms with Gasteiger partial charge in [0.2, 0.25) is 0 Å². The third-order valence-electron chi connectivity index (χ3n) is 3.06. The number of benzene rings is 1. The summed E-state index contributed by atoms with van der Waals surface area (Å²) in [7, 11) is 1.66. The summed E-state index contributed by atoms with van der Waals surface area (Å²) < 4.78 is 5.23. The van der Waals surface area contributed by atoms with Gasteiger partial charge in [-0.15, -0.1) is 6.42 Å². The van der Waals surface area contributed by atoms with E-state index in [0.717, 1.165) is 35.2 Å². The van der Waals surface area contributed by atoms with E-state index in [4.69, 9.17) is 11.2 Å². The zero-order valence-corrected chi connectivity index (χ0v) is 11.3. The molecular weight excluding hydrogens is 236 g/mol. The van der Waals surface area contributed by atoms with Crippen LogP contribution in [0, 0.1) is 12.3 Å². The molecule has 1 N–H and O–H groups in total. The van der Waals surface area contributed by atoms with Crippen LogP contribution in [0.25, 0.3) is 10.8 Å². The number of rotatable bonds is 5. The van der Waals surface area contributed by atoms with E-state index in [1.165, 1.54) is 0 Å². The second kappa shape index (κ2) is 6.10. The third-order valence-corrected chi connectivity index (χ3v) is 3.06. The molecule has 2 rings (SSSR count). The topological polar surface area (TPSA) is 34.2 Å². The number of methoxy groups -OCH3 is 1. The molecule has 0 saturated carbocycles. The third kappa shape index (κ3) is 2.97. The molecule has 0 saturated heterocycles. The summed E-state index contributed by atoms with van der Waals surface area (Å²) in [5, 5.41) is 5.46. The number of anilines is 1. The Morgan fingerprint density at radius 2 is 2.26 bits per heavy atom. The van der Waals surface area contributed by atoms with Gasteiger partial charge in [-0.05, 0) is 36.1 Å². The van der Waals surface area contributed by atoms with Crippen molar-refractivity contribution in [2.45, 2.75) is 25.8 Å². The number of terminal acetylenes is 1. The van der Waals surface area contributed by atoms with Gasteiger partial charge < -0.3 is 10.1 Å². The molecular formula is C16H18N2O. The first-order chi connectivity index (χ1) is 9.28. The van der Waals surface area contributed by atoms with Crippen LogP contribution in [0.4, 0.5) is 5.82 Å². The van der Waals surface area contributed by atoms with Crippen molar-refractivity contribution in [3.63, 3.8) is 0 Å². The molecule has 3 heteroatoms. The fraction of sp³-hybridized carbons (Fsp3) is 0.312. The molecule has 0 radical (unpaired) electrons. The van der Waals surface area contributed by atoms with Gasteiger partial charge in [0.1, 0.15) is 11.6 Å². The van der Waals surface area contributed by atoms with E-state index in [1.807, 2.05) is 24.3 Å². The molecule has 0 fully saturated rings. The Labute approximate surface area is 114 Å². The van der Waals surface area contributed by atoms with Gasteiger partial charge in [-0.2, -0.15) is 0 Å². The molecule has 0 aliphatic carbocycles. The van der Waals surface area contributed by atoms with E-state index in [2.05, 4.69) is 23.1 Å². The SMILES string of the molecule is C#CC(CCC)Nc1nccc2cc(OC)ccc12. The number of aromatic nitrogens is 1. The zero-order valence-electron chi connectivity index (χ0n) is 11.3. The summed E-state index contributed by atoms with van der Waals surface area (Å²) in [5.74, 6) is 4.43. The van der Waals surface area contributed by atoms with Crippen molar-refractivity contribution in [2.75, 3.05) is 12.4 Å². The van der Waals surface area contributed by atoms with Crippen molar-refractivity contribution in [3.8, 4) is 18.1 Å². The Hall–Kier alpha value is -2.21. The summed E-state index contributed by atoms with van der Waals surface area (Å²) in [6.07, 6.45) is 9.29. The molecule has 1 unspecified atom stereocenters. The Balaban J connectivity index is 2.36. The van der Waals surface area contributed by atoms with E-state index in [1.54, 1.807) is 13.3 Å². The van der Waals surface area contributed by atoms with Gasteiger partial charge in [-0.1, -0.05) is 19.3 Å². The molecule has 19 heavy (non-hydrogen) atoms. The van der Waals surface area contributed by atoms with Crippen LogP contribution in [0.3, 0.4) is 0 Å². The lowest BCUT2D eigenvalue weighted by Gasteiger charge is -2.14. The average molecular weight is 254 g/mol. The lowest BCUT2D eigenvalue weighted by molar-refractivity contribution is 0.415. The van der Waals surface area contributed by atoms with Crippen molar-refractivity contribution < 1.29 is 4.74 Å². The first-order valence-electron chi connectivity index (χ1n) is 6.44. The Morgan fingerprint density at radius 1 is 1.42 bits per heavy atom. The van der Waals surface area contributed by atoms with E-state index < -0.39 is 0 Å². The van der Waals surface area contributed by atoms with Gasteiger partial charge in [-0.3, -0.25) is 0 Å². The lowest BCUT2D eigenvalue weighted by Crippen LogP contribution is -2.17. The molecule has 1 atom stereocenters. The highest BCUT2D eigenvalue weighted by Gasteiger charge is 2.08. The number of fused-ring (bicyclic) bond motifs is 1. The number of pyridine rings is 1. The normalized spacial score (nSPS) is 11.8. The molecule has 0 amide bonds. The molecule has 0 spiro atoms. The highest BCUT2D eigenvalue weighted by molar-refractivity contribution is 5.92. The van der Waals surface area contributed by atoms with E-state index >= 15 is 0 Å². The van der Waals surface area contributed by atoms with Crippen LogP contribution in [0.2, 0.25) is 0 Å². The fourth-order valence-corrected chi connectivity index (χ4v) is 2.05. The first kappa shape index (κ1) is 13.2. The summed E-state index contributed by atoms with van der Waals surface area (Å²) in [4.78, 5) is 4.38. The van der Waals surface area contributed by atoms with Crippen molar-refractivity contribution in [2.24, 2.45) is 0 Å². The minimum absolute atomic E-state index is 0.0187. The summed E-state index contributed by atoms with van der Waals surface area (Å²) in [6.45, 7) is 2.12. The van der Waals surface area contributed by atoms with Gasteiger partial charge in [0.15, 0.2) is 0 Å². The summed E-state index contributed by atoms with van der Waals surface area (Å²) in [6, 6.07) is 7.91. The maximum Gasteiger partial charge on any atom is 0.134 e. The predicted octanol–water partition coefficient (Wildman–Crippen LogP) is 3.46. The van der Waals surface area contributed by atoms with Gasteiger partial charge in [0.05, 0.1) is 13.2 Å². The minimum atomic E-state index is 0.0187. The number of nitrogens with zero attached hydrogens (tertiary/aromatic N) is 1. The van der Waals surface area contributed by atoms with Crippen LogP contribution < -0.4 is 10.1 Å². The first-order valence-corrected chi connectivity index (χ1v) is 6.44. The molecule has 2 aromatic rings. The van der Waals surface area contributed by atoms with Gasteiger partial charge in [0, 0.05) is 11.6 Å². The quantitative estimate of drug-likeness (QED) is 0.830. The largest absolute Gasteiger partial charge is 0.497 e. The zero-order chi connectivity index (χ0) is 13.7. The smallest absolute Gasteiger partial charge is 0.134 e. The Bertz CT molecular complexity index is 601. The second-order valence-corrected chi connectivity index (χ2v) is 4.40. The van der Waals surface area contributed by atoms with Gasteiger partial charge >= 0.3 is 0 Å². The van der Waals surface area contributed by atoms with Crippen LogP contribution >= 0.6 is 0 Å². The van der Waals surface area contributed by atoms with E-state index in [0.29, 0.717) is 0 Å². The maximum absolute atomic E-state index is 5.54.